The second-order valence-corrected chi connectivity index (χ2v) is 4.67. The number of hydrogen-bond acceptors (Lipinski definition) is 2. The smallest absolute Gasteiger partial charge is 0.0465 e. The molecule has 1 rings (SSSR count). The van der Waals surface area contributed by atoms with Gasteiger partial charge in [-0.3, -0.25) is 11.3 Å². The Bertz CT molecular complexity index is 322. The van der Waals surface area contributed by atoms with E-state index in [9.17, 15) is 0 Å². The van der Waals surface area contributed by atoms with Gasteiger partial charge in [0.15, 0.2) is 0 Å². The van der Waals surface area contributed by atoms with Crippen LogP contribution >= 0.6 is 0 Å². The molecule has 0 saturated carbocycles. The van der Waals surface area contributed by atoms with Gasteiger partial charge in [0.2, 0.25) is 0 Å². The summed E-state index contributed by atoms with van der Waals surface area (Å²) in [4.78, 5) is 0. The Hall–Kier alpha value is -0.860. The summed E-state index contributed by atoms with van der Waals surface area (Å²) in [7, 11) is 0. The van der Waals surface area contributed by atoms with Crippen LogP contribution in [-0.2, 0) is 0 Å². The molecule has 0 spiro atoms. The normalized spacial score (nSPS) is 12.8. The van der Waals surface area contributed by atoms with Gasteiger partial charge in [-0.1, -0.05) is 37.5 Å². The molecule has 1 unspecified atom stereocenters. The summed E-state index contributed by atoms with van der Waals surface area (Å²) in [5.41, 5.74) is 8.34. The van der Waals surface area contributed by atoms with Gasteiger partial charge in [0.05, 0.1) is 0 Å². The van der Waals surface area contributed by atoms with E-state index in [-0.39, 0.29) is 0 Å². The van der Waals surface area contributed by atoms with Gasteiger partial charge < -0.3 is 0 Å². The van der Waals surface area contributed by atoms with Gasteiger partial charge >= 0.3 is 0 Å². The SMILES string of the molecule is CCCCC(NN)c1c(C)cc(C)cc1C. The third kappa shape index (κ3) is 3.06. The van der Waals surface area contributed by atoms with E-state index >= 15 is 0 Å². The van der Waals surface area contributed by atoms with Crippen molar-refractivity contribution in [3.8, 4) is 0 Å². The summed E-state index contributed by atoms with van der Waals surface area (Å²) in [6, 6.07) is 4.76. The number of hydrazine groups is 1. The molecule has 0 amide bonds. The molecule has 0 aliphatic heterocycles. The third-order valence-corrected chi connectivity index (χ3v) is 3.13. The summed E-state index contributed by atoms with van der Waals surface area (Å²) >= 11 is 0. The fourth-order valence-electron chi connectivity index (χ4n) is 2.46. The molecular weight excluding hydrogens is 196 g/mol. The maximum atomic E-state index is 5.67. The summed E-state index contributed by atoms with van der Waals surface area (Å²) in [5.74, 6) is 5.67. The van der Waals surface area contributed by atoms with Crippen LogP contribution in [0.15, 0.2) is 12.1 Å². The van der Waals surface area contributed by atoms with Gasteiger partial charge in [-0.05, 0) is 43.9 Å². The van der Waals surface area contributed by atoms with Crippen molar-refractivity contribution < 1.29 is 0 Å². The van der Waals surface area contributed by atoms with E-state index in [1.807, 2.05) is 0 Å². The van der Waals surface area contributed by atoms with Gasteiger partial charge in [-0.2, -0.15) is 0 Å². The minimum Gasteiger partial charge on any atom is -0.271 e. The summed E-state index contributed by atoms with van der Waals surface area (Å²) < 4.78 is 0. The number of aryl methyl sites for hydroxylation is 3. The molecule has 0 aromatic heterocycles. The summed E-state index contributed by atoms with van der Waals surface area (Å²) in [5, 5.41) is 0. The van der Waals surface area contributed by atoms with Crippen molar-refractivity contribution in [2.24, 2.45) is 5.84 Å². The van der Waals surface area contributed by atoms with Crippen LogP contribution in [0.4, 0.5) is 0 Å². The van der Waals surface area contributed by atoms with E-state index in [0.29, 0.717) is 6.04 Å². The van der Waals surface area contributed by atoms with Crippen LogP contribution in [0.1, 0.15) is 54.5 Å². The Kier molecular flexibility index (Phi) is 4.97. The first-order valence-electron chi connectivity index (χ1n) is 6.14. The Morgan fingerprint density at radius 3 is 2.19 bits per heavy atom. The lowest BCUT2D eigenvalue weighted by atomic mass is 9.92. The number of nitrogens with two attached hydrogens (primary N) is 1. The maximum Gasteiger partial charge on any atom is 0.0465 e. The van der Waals surface area contributed by atoms with Gasteiger partial charge in [0, 0.05) is 6.04 Å². The molecule has 2 heteroatoms. The highest BCUT2D eigenvalue weighted by atomic mass is 15.2. The van der Waals surface area contributed by atoms with Gasteiger partial charge in [-0.15, -0.1) is 0 Å². The van der Waals surface area contributed by atoms with E-state index in [2.05, 4.69) is 45.3 Å². The minimum atomic E-state index is 0.292. The number of hydrogen-bond donors (Lipinski definition) is 2. The molecular formula is C14H24N2. The number of rotatable bonds is 5. The zero-order chi connectivity index (χ0) is 12.1. The van der Waals surface area contributed by atoms with Crippen molar-refractivity contribution in [1.82, 2.24) is 5.43 Å². The van der Waals surface area contributed by atoms with E-state index in [0.717, 1.165) is 6.42 Å². The largest absolute Gasteiger partial charge is 0.271 e. The van der Waals surface area contributed by atoms with Crippen molar-refractivity contribution in [3.05, 3.63) is 34.4 Å². The van der Waals surface area contributed by atoms with E-state index in [4.69, 9.17) is 5.84 Å². The maximum absolute atomic E-state index is 5.67. The van der Waals surface area contributed by atoms with Crippen molar-refractivity contribution in [3.63, 3.8) is 0 Å². The highest BCUT2D eigenvalue weighted by molar-refractivity contribution is 5.39. The van der Waals surface area contributed by atoms with Crippen molar-refractivity contribution in [1.29, 1.82) is 0 Å². The molecule has 0 heterocycles. The Balaban J connectivity index is 2.99. The van der Waals surface area contributed by atoms with Crippen LogP contribution in [-0.4, -0.2) is 0 Å². The lowest BCUT2D eigenvalue weighted by molar-refractivity contribution is 0.491. The van der Waals surface area contributed by atoms with Crippen molar-refractivity contribution in [2.75, 3.05) is 0 Å². The van der Waals surface area contributed by atoms with Gasteiger partial charge in [-0.25, -0.2) is 0 Å². The topological polar surface area (TPSA) is 38.0 Å². The molecule has 16 heavy (non-hydrogen) atoms. The Morgan fingerprint density at radius 2 is 1.75 bits per heavy atom. The summed E-state index contributed by atoms with van der Waals surface area (Å²) in [6.07, 6.45) is 3.53. The first-order valence-corrected chi connectivity index (χ1v) is 6.14. The number of benzene rings is 1. The standard InChI is InChI=1S/C14H24N2/c1-5-6-7-13(16-15)14-11(3)8-10(2)9-12(14)4/h8-9,13,16H,5-7,15H2,1-4H3. The molecule has 0 saturated heterocycles. The molecule has 2 nitrogen and oxygen atoms in total. The van der Waals surface area contributed by atoms with Crippen LogP contribution < -0.4 is 11.3 Å². The first kappa shape index (κ1) is 13.2. The van der Waals surface area contributed by atoms with Crippen molar-refractivity contribution >= 4 is 0 Å². The molecule has 0 aliphatic rings. The molecule has 3 N–H and O–H groups in total. The predicted octanol–water partition coefficient (Wildman–Crippen LogP) is 3.31. The Morgan fingerprint density at radius 1 is 1.19 bits per heavy atom. The molecule has 90 valence electrons. The number of unbranched alkanes of at least 4 members (excludes halogenated alkanes) is 1. The van der Waals surface area contributed by atoms with E-state index in [1.165, 1.54) is 35.1 Å². The third-order valence-electron chi connectivity index (χ3n) is 3.13. The number of nitrogens with one attached hydrogen (secondary N) is 1. The Labute approximate surface area is 99.2 Å². The van der Waals surface area contributed by atoms with E-state index < -0.39 is 0 Å². The van der Waals surface area contributed by atoms with Gasteiger partial charge in [0.25, 0.3) is 0 Å². The van der Waals surface area contributed by atoms with Crippen LogP contribution in [0.5, 0.6) is 0 Å². The second-order valence-electron chi connectivity index (χ2n) is 4.67. The fraction of sp³-hybridized carbons (Fsp3) is 0.571. The average Bonchev–Trinajstić information content (AvgIpc) is 2.21. The van der Waals surface area contributed by atoms with Crippen LogP contribution in [0, 0.1) is 20.8 Å². The zero-order valence-electron chi connectivity index (χ0n) is 10.9. The summed E-state index contributed by atoms with van der Waals surface area (Å²) in [6.45, 7) is 8.69. The highest BCUT2D eigenvalue weighted by Crippen LogP contribution is 2.26. The van der Waals surface area contributed by atoms with Crippen LogP contribution in [0.25, 0.3) is 0 Å². The monoisotopic (exact) mass is 220 g/mol. The first-order chi connectivity index (χ1) is 7.60. The highest BCUT2D eigenvalue weighted by Gasteiger charge is 2.14. The van der Waals surface area contributed by atoms with Crippen LogP contribution in [0.3, 0.4) is 0 Å². The van der Waals surface area contributed by atoms with Crippen LogP contribution in [0.2, 0.25) is 0 Å². The zero-order valence-corrected chi connectivity index (χ0v) is 10.9. The van der Waals surface area contributed by atoms with Crippen molar-refractivity contribution in [2.45, 2.75) is 53.0 Å². The molecule has 1 aromatic carbocycles. The molecule has 1 atom stereocenters. The van der Waals surface area contributed by atoms with Gasteiger partial charge in [0.1, 0.15) is 0 Å². The fourth-order valence-corrected chi connectivity index (χ4v) is 2.46. The molecule has 0 fully saturated rings. The minimum absolute atomic E-state index is 0.292. The molecule has 0 bridgehead atoms. The lowest BCUT2D eigenvalue weighted by Crippen LogP contribution is -2.29. The van der Waals surface area contributed by atoms with E-state index in [1.54, 1.807) is 0 Å². The predicted molar refractivity (Wildman–Crippen MR) is 70.2 cm³/mol. The average molecular weight is 220 g/mol. The lowest BCUT2D eigenvalue weighted by Gasteiger charge is -2.21. The molecule has 0 aliphatic carbocycles. The molecule has 0 radical (unpaired) electrons. The second kappa shape index (κ2) is 6.02. The quantitative estimate of drug-likeness (QED) is 0.590. The molecule has 1 aromatic rings.